The van der Waals surface area contributed by atoms with E-state index >= 15 is 0 Å². The Balaban J connectivity index is 0.000000741. The normalized spacial score (nSPS) is 31.0. The fraction of sp³-hybridized carbons (Fsp3) is 0.882. The average Bonchev–Trinajstić information content (AvgIpc) is 3.49. The quantitative estimate of drug-likeness (QED) is 0.213. The molecule has 270 valence electrons. The van der Waals surface area contributed by atoms with Crippen molar-refractivity contribution < 1.29 is 60.2 Å². The van der Waals surface area contributed by atoms with Crippen molar-refractivity contribution in [3.8, 4) is 0 Å². The molecule has 2 aliphatic carbocycles. The summed E-state index contributed by atoms with van der Waals surface area (Å²) in [6.07, 6.45) is 10.4. The zero-order valence-electron chi connectivity index (χ0n) is 30.3. The van der Waals surface area contributed by atoms with Crippen molar-refractivity contribution in [3.63, 3.8) is 0 Å². The number of alkyl carbamates (subject to hydrolysis) is 2. The molecule has 7 aliphatic rings. The fourth-order valence-corrected chi connectivity index (χ4v) is 6.62. The zero-order chi connectivity index (χ0) is 32.7. The number of hydrogen-bond donors (Lipinski definition) is 3. The van der Waals surface area contributed by atoms with Gasteiger partial charge in [0.25, 0.3) is 0 Å². The van der Waals surface area contributed by atoms with Crippen LogP contribution >= 0.6 is 0 Å². The molecule has 5 heterocycles. The molecule has 47 heavy (non-hydrogen) atoms. The van der Waals surface area contributed by atoms with Crippen LogP contribution in [0.15, 0.2) is 0 Å². The Morgan fingerprint density at radius 1 is 0.787 bits per heavy atom. The van der Waals surface area contributed by atoms with Crippen molar-refractivity contribution in [2.45, 2.75) is 165 Å². The minimum atomic E-state index is -0.494. The maximum atomic E-state index is 11.9. The van der Waals surface area contributed by atoms with Crippen molar-refractivity contribution in [2.24, 2.45) is 0 Å². The molecular weight excluding hydrogens is 685 g/mol. The first-order valence-corrected chi connectivity index (χ1v) is 16.4. The van der Waals surface area contributed by atoms with Crippen LogP contribution in [0, 0.1) is 7.43 Å². The van der Waals surface area contributed by atoms with Gasteiger partial charge in [-0.25, -0.2) is 9.59 Å². The molecule has 1 unspecified atom stereocenters. The number of aliphatic hydroxyl groups excluding tert-OH is 1. The van der Waals surface area contributed by atoms with E-state index in [0.717, 1.165) is 70.9 Å². The number of aldehydes is 1. The van der Waals surface area contributed by atoms with Gasteiger partial charge in [-0.05, 0) is 113 Å². The topological polar surface area (TPSA) is 142 Å². The summed E-state index contributed by atoms with van der Waals surface area (Å²) in [5.74, 6) is 0. The average molecular weight is 746 g/mol. The summed E-state index contributed by atoms with van der Waals surface area (Å²) in [6, 6.07) is 0. The number of halogens is 1. The molecule has 4 bridgehead atoms. The van der Waals surface area contributed by atoms with E-state index < -0.39 is 11.2 Å². The number of aliphatic hydroxyl groups is 1. The summed E-state index contributed by atoms with van der Waals surface area (Å²) in [7, 11) is 0. The molecule has 7 fully saturated rings. The van der Waals surface area contributed by atoms with Crippen molar-refractivity contribution >= 4 is 41.5 Å². The van der Waals surface area contributed by atoms with Crippen molar-refractivity contribution in [3.05, 3.63) is 7.43 Å². The largest absolute Gasteiger partial charge is 2.00 e. The SMILES string of the molecule is C1CCOC1.CC(C)(C)OC(=O)NC12CCC(CC=O)(CC1)OC2.CC(O)CC12CCC(NC(=O)OC(C)(C)C)(CC1)CO2.[Br-].[CH3-].[Mg+2]. The summed E-state index contributed by atoms with van der Waals surface area (Å²) in [6.45, 7) is 15.9. The molecule has 2 amide bonds. The van der Waals surface area contributed by atoms with Crippen molar-refractivity contribution in [2.75, 3.05) is 26.4 Å². The van der Waals surface area contributed by atoms with Crippen LogP contribution in [0.4, 0.5) is 9.59 Å². The molecule has 3 N–H and O–H groups in total. The van der Waals surface area contributed by atoms with Gasteiger partial charge < -0.3 is 68.6 Å². The summed E-state index contributed by atoms with van der Waals surface area (Å²) in [5, 5.41) is 15.5. The van der Waals surface area contributed by atoms with Gasteiger partial charge in [-0.2, -0.15) is 0 Å². The maximum Gasteiger partial charge on any atom is 2.00 e. The number of hydrogen-bond acceptors (Lipinski definition) is 9. The Bertz CT molecular complexity index is 923. The summed E-state index contributed by atoms with van der Waals surface area (Å²) < 4.78 is 27.4. The van der Waals surface area contributed by atoms with Gasteiger partial charge in [-0.1, -0.05) is 0 Å². The predicted octanol–water partition coefficient (Wildman–Crippen LogP) is 2.42. The first-order valence-electron chi connectivity index (χ1n) is 16.4. The van der Waals surface area contributed by atoms with Crippen LogP contribution in [0.2, 0.25) is 0 Å². The summed E-state index contributed by atoms with van der Waals surface area (Å²) in [4.78, 5) is 34.5. The van der Waals surface area contributed by atoms with E-state index in [4.69, 9.17) is 23.7 Å². The first-order chi connectivity index (χ1) is 20.4. The number of carbonyl (C=O) groups excluding carboxylic acids is 3. The Labute approximate surface area is 309 Å². The third kappa shape index (κ3) is 15.0. The molecule has 0 radical (unpaired) electrons. The smallest absolute Gasteiger partial charge is 1.00 e. The van der Waals surface area contributed by atoms with E-state index in [0.29, 0.717) is 26.1 Å². The second-order valence-electron chi connectivity index (χ2n) is 15.5. The predicted molar refractivity (Wildman–Crippen MR) is 178 cm³/mol. The Hall–Kier alpha value is -0.704. The second-order valence-corrected chi connectivity index (χ2v) is 15.5. The van der Waals surface area contributed by atoms with Gasteiger partial charge in [-0.15, -0.1) is 0 Å². The number of fused-ring (bicyclic) bond motifs is 6. The van der Waals surface area contributed by atoms with Crippen LogP contribution in [-0.2, 0) is 28.5 Å². The molecule has 5 aliphatic heterocycles. The van der Waals surface area contributed by atoms with Crippen LogP contribution in [0.5, 0.6) is 0 Å². The first kappa shape index (κ1) is 46.3. The monoisotopic (exact) mass is 744 g/mol. The van der Waals surface area contributed by atoms with Gasteiger partial charge in [0.15, 0.2) is 0 Å². The Morgan fingerprint density at radius 2 is 1.17 bits per heavy atom. The molecule has 5 saturated heterocycles. The van der Waals surface area contributed by atoms with Crippen LogP contribution in [0.25, 0.3) is 0 Å². The minimum Gasteiger partial charge on any atom is -1.00 e. The van der Waals surface area contributed by atoms with Gasteiger partial charge in [0.1, 0.15) is 17.5 Å². The molecule has 13 heteroatoms. The third-order valence-electron chi connectivity index (χ3n) is 9.03. The van der Waals surface area contributed by atoms with Crippen LogP contribution in [-0.4, -0.2) is 113 Å². The zero-order valence-corrected chi connectivity index (χ0v) is 33.3. The molecule has 7 rings (SSSR count). The molecule has 0 aromatic heterocycles. The van der Waals surface area contributed by atoms with Gasteiger partial charge in [0, 0.05) is 26.1 Å². The minimum absolute atomic E-state index is 0. The third-order valence-corrected chi connectivity index (χ3v) is 9.03. The number of amides is 2. The Kier molecular flexibility index (Phi) is 18.8. The summed E-state index contributed by atoms with van der Waals surface area (Å²) in [5.41, 5.74) is -2.05. The van der Waals surface area contributed by atoms with Crippen LogP contribution < -0.4 is 27.6 Å². The number of nitrogens with one attached hydrogen (secondary N) is 2. The van der Waals surface area contributed by atoms with E-state index in [9.17, 15) is 19.5 Å². The summed E-state index contributed by atoms with van der Waals surface area (Å²) >= 11 is 0. The van der Waals surface area contributed by atoms with Gasteiger partial charge in [0.05, 0.1) is 41.6 Å². The van der Waals surface area contributed by atoms with Crippen LogP contribution in [0.1, 0.15) is 126 Å². The molecule has 11 nitrogen and oxygen atoms in total. The van der Waals surface area contributed by atoms with Crippen LogP contribution in [0.3, 0.4) is 0 Å². The van der Waals surface area contributed by atoms with E-state index in [1.165, 1.54) is 12.8 Å². The van der Waals surface area contributed by atoms with Gasteiger partial charge >= 0.3 is 35.2 Å². The maximum absolute atomic E-state index is 11.9. The van der Waals surface area contributed by atoms with Crippen molar-refractivity contribution in [1.82, 2.24) is 10.6 Å². The van der Waals surface area contributed by atoms with E-state index in [1.807, 2.05) is 41.5 Å². The number of rotatable bonds is 6. The number of carbonyl (C=O) groups is 3. The second kappa shape index (κ2) is 19.1. The molecule has 0 aromatic rings. The molecular formula is C34H61BrMgN2O9. The van der Waals surface area contributed by atoms with E-state index in [1.54, 1.807) is 6.92 Å². The standard InChI is InChI=1S/C15H27NO4.C14H23NO4.C4H8O.CH3.BrH.Mg/c1-11(17)9-15-7-5-14(6-8-15,10-19-15)16-12(18)20-13(2,3)4;1-12(2,3)19-11(17)15-13-4-6-14(7-5-13,8-9-16)18-10-13;1-2-4-5-3-1;;;/h11,17H,5-10H2,1-4H3,(H,16,18);9H,4-8,10H2,1-3H3,(H,15,17);1-4H2;1H3;1H;/q;;;-1;;+2/p-1. The molecule has 0 aromatic carbocycles. The van der Waals surface area contributed by atoms with Gasteiger partial charge in [0.2, 0.25) is 0 Å². The fourth-order valence-electron chi connectivity index (χ4n) is 6.62. The molecule has 2 saturated carbocycles. The Morgan fingerprint density at radius 3 is 1.43 bits per heavy atom. The molecule has 0 spiro atoms. The van der Waals surface area contributed by atoms with E-state index in [2.05, 4.69) is 10.6 Å². The molecule has 1 atom stereocenters. The number of ether oxygens (including phenoxy) is 5. The van der Waals surface area contributed by atoms with Crippen molar-refractivity contribution in [1.29, 1.82) is 0 Å². The van der Waals surface area contributed by atoms with E-state index in [-0.39, 0.29) is 88.0 Å². The van der Waals surface area contributed by atoms with Gasteiger partial charge in [-0.3, -0.25) is 0 Å².